The number of hydrogen-bond acceptors (Lipinski definition) is 5. The van der Waals surface area contributed by atoms with Crippen molar-refractivity contribution in [2.75, 3.05) is 6.54 Å². The summed E-state index contributed by atoms with van der Waals surface area (Å²) in [7, 11) is 0. The van der Waals surface area contributed by atoms with Crippen molar-refractivity contribution >= 4 is 28.3 Å². The number of thioether (sulfide) groups is 1. The fourth-order valence-corrected chi connectivity index (χ4v) is 4.41. The first kappa shape index (κ1) is 14.9. The number of aryl methyl sites for hydroxylation is 1. The number of aromatic nitrogens is 1. The summed E-state index contributed by atoms with van der Waals surface area (Å²) in [5.74, 6) is 0.791. The fraction of sp³-hybridized carbons (Fsp3) is 0.714. The summed E-state index contributed by atoms with van der Waals surface area (Å²) in [6.45, 7) is 8.51. The molecule has 1 aliphatic rings. The second-order valence-electron chi connectivity index (χ2n) is 4.81. The Morgan fingerprint density at radius 2 is 2.16 bits per heavy atom. The number of hydrogen-bond donors (Lipinski definition) is 1. The zero-order chi connectivity index (χ0) is 13.7. The van der Waals surface area contributed by atoms with Crippen molar-refractivity contribution in [1.82, 2.24) is 10.3 Å². The Morgan fingerprint density at radius 3 is 2.79 bits per heavy atom. The van der Waals surface area contributed by atoms with Crippen LogP contribution in [0.2, 0.25) is 0 Å². The predicted octanol–water partition coefficient (Wildman–Crippen LogP) is 3.70. The normalized spacial score (nSPS) is 18.9. The molecule has 0 radical (unpaired) electrons. The second kappa shape index (κ2) is 7.29. The van der Waals surface area contributed by atoms with Crippen molar-refractivity contribution < 1.29 is 0 Å². The summed E-state index contributed by atoms with van der Waals surface area (Å²) < 4.78 is 0. The Balaban J connectivity index is 1.78. The molecule has 0 aromatic carbocycles. The average Bonchev–Trinajstić information content (AvgIpc) is 3.06. The summed E-state index contributed by atoms with van der Waals surface area (Å²) in [4.78, 5) is 10.4. The van der Waals surface area contributed by atoms with E-state index in [4.69, 9.17) is 0 Å². The van der Waals surface area contributed by atoms with E-state index in [2.05, 4.69) is 36.1 Å². The molecule has 106 valence electrons. The van der Waals surface area contributed by atoms with Gasteiger partial charge in [-0.1, -0.05) is 45.4 Å². The molecule has 0 saturated heterocycles. The van der Waals surface area contributed by atoms with Gasteiger partial charge in [0.1, 0.15) is 5.01 Å². The van der Waals surface area contributed by atoms with Crippen LogP contribution in [0.1, 0.15) is 43.5 Å². The highest BCUT2D eigenvalue weighted by atomic mass is 32.2. The van der Waals surface area contributed by atoms with Gasteiger partial charge in [-0.3, -0.25) is 4.99 Å². The van der Waals surface area contributed by atoms with Gasteiger partial charge in [0.25, 0.3) is 0 Å². The van der Waals surface area contributed by atoms with E-state index in [9.17, 15) is 0 Å². The van der Waals surface area contributed by atoms with Crippen molar-refractivity contribution in [2.45, 2.75) is 51.8 Å². The zero-order valence-electron chi connectivity index (χ0n) is 12.0. The van der Waals surface area contributed by atoms with E-state index in [0.717, 1.165) is 35.6 Å². The standard InChI is InChI=1S/C14H23N3S2/c1-4-10(5-2)12-8-16-14(19-12)17-9-13-15-7-11(6-3)18-13/h7,10,12H,4-6,8-9H2,1-3H3,(H,16,17). The van der Waals surface area contributed by atoms with Crippen molar-refractivity contribution in [3.05, 3.63) is 16.1 Å². The third-order valence-corrected chi connectivity index (χ3v) is 6.07. The molecule has 3 nitrogen and oxygen atoms in total. The van der Waals surface area contributed by atoms with Gasteiger partial charge in [0, 0.05) is 16.3 Å². The molecule has 1 aliphatic heterocycles. The van der Waals surface area contributed by atoms with Crippen molar-refractivity contribution in [3.63, 3.8) is 0 Å². The van der Waals surface area contributed by atoms with Crippen LogP contribution in [0.25, 0.3) is 0 Å². The highest BCUT2D eigenvalue weighted by Crippen LogP contribution is 2.30. The van der Waals surface area contributed by atoms with E-state index in [1.165, 1.54) is 17.7 Å². The van der Waals surface area contributed by atoms with Crippen molar-refractivity contribution in [1.29, 1.82) is 0 Å². The van der Waals surface area contributed by atoms with Crippen LogP contribution in [0.4, 0.5) is 0 Å². The molecule has 0 aliphatic carbocycles. The van der Waals surface area contributed by atoms with E-state index >= 15 is 0 Å². The number of thiazole rings is 1. The molecule has 2 rings (SSSR count). The molecule has 1 aromatic rings. The van der Waals surface area contributed by atoms with Crippen LogP contribution in [0, 0.1) is 5.92 Å². The van der Waals surface area contributed by atoms with E-state index < -0.39 is 0 Å². The van der Waals surface area contributed by atoms with Crippen molar-refractivity contribution in [3.8, 4) is 0 Å². The Morgan fingerprint density at radius 1 is 1.37 bits per heavy atom. The van der Waals surface area contributed by atoms with Gasteiger partial charge in [-0.2, -0.15) is 0 Å². The molecule has 1 aromatic heterocycles. The molecule has 1 atom stereocenters. The lowest BCUT2D eigenvalue weighted by atomic mass is 9.99. The molecule has 1 unspecified atom stereocenters. The van der Waals surface area contributed by atoms with Gasteiger partial charge in [0.15, 0.2) is 5.17 Å². The maximum Gasteiger partial charge on any atom is 0.157 e. The van der Waals surface area contributed by atoms with Gasteiger partial charge in [0.05, 0.1) is 13.1 Å². The minimum absolute atomic E-state index is 0.667. The summed E-state index contributed by atoms with van der Waals surface area (Å²) in [6.07, 6.45) is 5.56. The first-order valence-electron chi connectivity index (χ1n) is 7.15. The third-order valence-electron chi connectivity index (χ3n) is 3.59. The Bertz CT molecular complexity index is 424. The number of amidine groups is 1. The minimum Gasteiger partial charge on any atom is -0.358 e. The van der Waals surface area contributed by atoms with Crippen LogP contribution >= 0.6 is 23.1 Å². The number of nitrogens with zero attached hydrogens (tertiary/aromatic N) is 2. The van der Waals surface area contributed by atoms with Crippen molar-refractivity contribution in [2.24, 2.45) is 10.9 Å². The molecule has 0 amide bonds. The highest BCUT2D eigenvalue weighted by molar-refractivity contribution is 8.14. The quantitative estimate of drug-likeness (QED) is 0.870. The van der Waals surface area contributed by atoms with E-state index in [1.54, 1.807) is 11.3 Å². The molecule has 1 N–H and O–H groups in total. The fourth-order valence-electron chi connectivity index (χ4n) is 2.29. The van der Waals surface area contributed by atoms with Crippen LogP contribution in [0.5, 0.6) is 0 Å². The summed E-state index contributed by atoms with van der Waals surface area (Å²) in [6, 6.07) is 0. The van der Waals surface area contributed by atoms with E-state index in [-0.39, 0.29) is 0 Å². The van der Waals surface area contributed by atoms with E-state index in [1.807, 2.05) is 18.0 Å². The topological polar surface area (TPSA) is 37.3 Å². The first-order valence-corrected chi connectivity index (χ1v) is 8.84. The van der Waals surface area contributed by atoms with Crippen LogP contribution < -0.4 is 5.32 Å². The number of rotatable bonds is 6. The maximum atomic E-state index is 4.62. The molecule has 5 heteroatoms. The second-order valence-corrected chi connectivity index (χ2v) is 7.23. The molecule has 0 saturated carbocycles. The van der Waals surface area contributed by atoms with Gasteiger partial charge in [0.2, 0.25) is 0 Å². The maximum absolute atomic E-state index is 4.62. The summed E-state index contributed by atoms with van der Waals surface area (Å²) in [5, 5.41) is 6.36. The Kier molecular flexibility index (Phi) is 5.70. The SMILES string of the molecule is CCc1cnc(CNC2=NCC(C(CC)CC)S2)s1. The Labute approximate surface area is 124 Å². The third kappa shape index (κ3) is 3.96. The van der Waals surface area contributed by atoms with Crippen LogP contribution in [0.3, 0.4) is 0 Å². The van der Waals surface area contributed by atoms with Gasteiger partial charge in [-0.05, 0) is 12.3 Å². The lowest BCUT2D eigenvalue weighted by Crippen LogP contribution is -2.21. The average molecular weight is 297 g/mol. The van der Waals surface area contributed by atoms with Gasteiger partial charge < -0.3 is 5.32 Å². The highest BCUT2D eigenvalue weighted by Gasteiger charge is 2.25. The number of nitrogens with one attached hydrogen (secondary N) is 1. The van der Waals surface area contributed by atoms with Crippen LogP contribution in [-0.4, -0.2) is 21.9 Å². The van der Waals surface area contributed by atoms with Gasteiger partial charge >= 0.3 is 0 Å². The molecule has 0 spiro atoms. The van der Waals surface area contributed by atoms with Crippen LogP contribution in [0.15, 0.2) is 11.2 Å². The van der Waals surface area contributed by atoms with E-state index in [0.29, 0.717) is 5.25 Å². The number of aliphatic imine (C=N–C) groups is 1. The molecular formula is C14H23N3S2. The summed E-state index contributed by atoms with van der Waals surface area (Å²) >= 11 is 3.71. The first-order chi connectivity index (χ1) is 9.26. The molecule has 0 fully saturated rings. The lowest BCUT2D eigenvalue weighted by molar-refractivity contribution is 0.479. The minimum atomic E-state index is 0.667. The largest absolute Gasteiger partial charge is 0.358 e. The van der Waals surface area contributed by atoms with Crippen LogP contribution in [-0.2, 0) is 13.0 Å². The summed E-state index contributed by atoms with van der Waals surface area (Å²) in [5.41, 5.74) is 0. The molecule has 0 bridgehead atoms. The molecule has 2 heterocycles. The van der Waals surface area contributed by atoms with Gasteiger partial charge in [-0.25, -0.2) is 4.98 Å². The monoisotopic (exact) mass is 297 g/mol. The molecule has 19 heavy (non-hydrogen) atoms. The predicted molar refractivity (Wildman–Crippen MR) is 86.1 cm³/mol. The Hall–Kier alpha value is -0.550. The van der Waals surface area contributed by atoms with Gasteiger partial charge in [-0.15, -0.1) is 11.3 Å². The zero-order valence-corrected chi connectivity index (χ0v) is 13.6. The lowest BCUT2D eigenvalue weighted by Gasteiger charge is -2.18. The smallest absolute Gasteiger partial charge is 0.157 e. The molecular weight excluding hydrogens is 274 g/mol.